The van der Waals surface area contributed by atoms with Gasteiger partial charge in [-0.15, -0.1) is 5.10 Å². The topological polar surface area (TPSA) is 108 Å². The second-order valence-corrected chi connectivity index (χ2v) is 12.9. The Kier molecular flexibility index (Phi) is 7.03. The zero-order valence-corrected chi connectivity index (χ0v) is 24.9. The van der Waals surface area contributed by atoms with E-state index in [0.29, 0.717) is 31.1 Å². The van der Waals surface area contributed by atoms with Crippen LogP contribution in [0, 0.1) is 12.8 Å². The van der Waals surface area contributed by atoms with Gasteiger partial charge >= 0.3 is 0 Å². The van der Waals surface area contributed by atoms with Crippen LogP contribution in [0.4, 0.5) is 5.82 Å². The van der Waals surface area contributed by atoms with E-state index in [4.69, 9.17) is 14.7 Å². The maximum atomic E-state index is 13.4. The molecule has 5 heterocycles. The van der Waals surface area contributed by atoms with Crippen molar-refractivity contribution in [3.8, 4) is 11.3 Å². The number of nitrogens with zero attached hydrogens (tertiary/aromatic N) is 7. The molecule has 0 unspecified atom stereocenters. The van der Waals surface area contributed by atoms with E-state index in [-0.39, 0.29) is 16.9 Å². The van der Waals surface area contributed by atoms with Gasteiger partial charge in [-0.2, -0.15) is 0 Å². The third-order valence-electron chi connectivity index (χ3n) is 8.24. The van der Waals surface area contributed by atoms with Gasteiger partial charge in [-0.25, -0.2) is 18.1 Å². The lowest BCUT2D eigenvalue weighted by Gasteiger charge is -2.33. The zero-order chi connectivity index (χ0) is 28.9. The van der Waals surface area contributed by atoms with Crippen LogP contribution in [0.25, 0.3) is 33.2 Å². The molecule has 6 rings (SSSR count). The van der Waals surface area contributed by atoms with Crippen molar-refractivity contribution in [1.82, 2.24) is 29.5 Å². The summed E-state index contributed by atoms with van der Waals surface area (Å²) in [6, 6.07) is 12.3. The van der Waals surface area contributed by atoms with E-state index >= 15 is 0 Å². The monoisotopic (exact) mass is 573 g/mol. The molecule has 1 atom stereocenters. The van der Waals surface area contributed by atoms with E-state index in [0.717, 1.165) is 51.8 Å². The average Bonchev–Trinajstić information content (AvgIpc) is 3.49. The van der Waals surface area contributed by atoms with Crippen LogP contribution in [0.3, 0.4) is 0 Å². The number of hydrogen-bond donors (Lipinski definition) is 0. The molecule has 1 fully saturated rings. The number of aryl methyl sites for hydroxylation is 2. The fraction of sp³-hybridized carbons (Fsp3) is 0.400. The fourth-order valence-electron chi connectivity index (χ4n) is 6.18. The lowest BCUT2D eigenvalue weighted by Crippen LogP contribution is -2.27. The first kappa shape index (κ1) is 27.3. The van der Waals surface area contributed by atoms with Crippen molar-refractivity contribution in [2.24, 2.45) is 13.0 Å². The quantitative estimate of drug-likeness (QED) is 0.279. The molecular formula is C30H35N7O3S. The fourth-order valence-corrected chi connectivity index (χ4v) is 6.98. The first-order valence-electron chi connectivity index (χ1n) is 13.9. The summed E-state index contributed by atoms with van der Waals surface area (Å²) in [6.07, 6.45) is 6.31. The number of fused-ring (bicyclic) bond motifs is 3. The van der Waals surface area contributed by atoms with Gasteiger partial charge in [-0.1, -0.05) is 35.5 Å². The summed E-state index contributed by atoms with van der Waals surface area (Å²) in [7, 11) is 0.194. The predicted octanol–water partition coefficient (Wildman–Crippen LogP) is 4.56. The van der Waals surface area contributed by atoms with Gasteiger partial charge in [0.25, 0.3) is 0 Å². The Hall–Kier alpha value is -3.83. The third-order valence-corrected chi connectivity index (χ3v) is 9.34. The third kappa shape index (κ3) is 4.66. The maximum absolute atomic E-state index is 13.4. The van der Waals surface area contributed by atoms with Crippen LogP contribution < -0.4 is 4.90 Å². The molecule has 1 saturated heterocycles. The minimum atomic E-state index is -3.64. The highest BCUT2D eigenvalue weighted by Crippen LogP contribution is 2.44. The van der Waals surface area contributed by atoms with Gasteiger partial charge in [0.15, 0.2) is 9.84 Å². The second kappa shape index (κ2) is 10.5. The summed E-state index contributed by atoms with van der Waals surface area (Å²) in [5.41, 5.74) is 5.85. The number of sulfone groups is 1. The molecule has 1 aliphatic rings. The van der Waals surface area contributed by atoms with Crippen LogP contribution >= 0.6 is 0 Å². The number of hydrogen-bond acceptors (Lipinski definition) is 8. The Labute approximate surface area is 239 Å². The Morgan fingerprint density at radius 2 is 1.85 bits per heavy atom. The molecule has 0 spiro atoms. The second-order valence-electron chi connectivity index (χ2n) is 10.9. The van der Waals surface area contributed by atoms with Crippen LogP contribution in [0.5, 0.6) is 0 Å². The molecule has 4 aromatic heterocycles. The van der Waals surface area contributed by atoms with Crippen molar-refractivity contribution in [3.05, 3.63) is 60.0 Å². The van der Waals surface area contributed by atoms with E-state index in [2.05, 4.69) is 40.0 Å². The largest absolute Gasteiger partial charge is 0.381 e. The molecule has 214 valence electrons. The summed E-state index contributed by atoms with van der Waals surface area (Å²) in [6.45, 7) is 6.01. The van der Waals surface area contributed by atoms with Gasteiger partial charge in [0, 0.05) is 51.9 Å². The zero-order valence-electron chi connectivity index (χ0n) is 24.1. The van der Waals surface area contributed by atoms with Crippen LogP contribution in [-0.4, -0.2) is 71.0 Å². The first-order chi connectivity index (χ1) is 19.7. The lowest BCUT2D eigenvalue weighted by atomic mass is 9.86. The Morgan fingerprint density at radius 3 is 2.49 bits per heavy atom. The van der Waals surface area contributed by atoms with Crippen LogP contribution in [0.1, 0.15) is 37.1 Å². The Balaban J connectivity index is 1.81. The molecular weight excluding hydrogens is 538 g/mol. The highest BCUT2D eigenvalue weighted by atomic mass is 32.2. The minimum absolute atomic E-state index is 0.148. The molecule has 10 nitrogen and oxygen atoms in total. The summed E-state index contributed by atoms with van der Waals surface area (Å²) >= 11 is 0. The van der Waals surface area contributed by atoms with E-state index in [1.807, 2.05) is 50.3 Å². The molecule has 0 bridgehead atoms. The standard InChI is InChI=1S/C30H35N7O3S/c1-6-35(3)30-25-26-23(16-22(17-31-26)27-19(2)33-34-36(27)4)37(29(25)24(18-32-30)41(5,38)39)28(20-10-8-7-9-11-20)21-12-14-40-15-13-21/h7-11,16-18,21,28H,6,12-15H2,1-5H3/t28-/m1/s1. The molecule has 0 aliphatic carbocycles. The Bertz CT molecular complexity index is 1820. The number of pyridine rings is 2. The van der Waals surface area contributed by atoms with Crippen molar-refractivity contribution < 1.29 is 13.2 Å². The molecule has 0 amide bonds. The molecule has 1 aromatic carbocycles. The summed E-state index contributed by atoms with van der Waals surface area (Å²) in [5, 5.41) is 9.21. The summed E-state index contributed by atoms with van der Waals surface area (Å²) < 4.78 is 36.5. The predicted molar refractivity (Wildman–Crippen MR) is 160 cm³/mol. The smallest absolute Gasteiger partial charge is 0.179 e. The van der Waals surface area contributed by atoms with Gasteiger partial charge in [0.2, 0.25) is 0 Å². The van der Waals surface area contributed by atoms with Crippen molar-refractivity contribution in [3.63, 3.8) is 0 Å². The average molecular weight is 574 g/mol. The molecule has 0 N–H and O–H groups in total. The number of ether oxygens (including phenoxy) is 1. The molecule has 5 aromatic rings. The van der Waals surface area contributed by atoms with E-state index in [9.17, 15) is 8.42 Å². The molecule has 11 heteroatoms. The minimum Gasteiger partial charge on any atom is -0.381 e. The van der Waals surface area contributed by atoms with Crippen LogP contribution in [0.15, 0.2) is 53.7 Å². The lowest BCUT2D eigenvalue weighted by molar-refractivity contribution is 0.0552. The number of benzene rings is 1. The number of rotatable bonds is 7. The van der Waals surface area contributed by atoms with Crippen molar-refractivity contribution in [1.29, 1.82) is 0 Å². The SMILES string of the molecule is CCN(C)c1ncc(S(C)(=O)=O)c2c1c1ncc(-c3c(C)nnn3C)cc1n2[C@H](c1ccccc1)C1CCOCC1. The van der Waals surface area contributed by atoms with Crippen molar-refractivity contribution >= 4 is 37.6 Å². The van der Waals surface area contributed by atoms with Gasteiger partial charge in [-0.05, 0) is 44.2 Å². The maximum Gasteiger partial charge on any atom is 0.179 e. The highest BCUT2D eigenvalue weighted by molar-refractivity contribution is 7.91. The van der Waals surface area contributed by atoms with Crippen molar-refractivity contribution in [2.45, 2.75) is 37.6 Å². The van der Waals surface area contributed by atoms with Crippen molar-refractivity contribution in [2.75, 3.05) is 38.0 Å². The van der Waals surface area contributed by atoms with E-state index < -0.39 is 9.84 Å². The summed E-state index contributed by atoms with van der Waals surface area (Å²) in [4.78, 5) is 12.0. The van der Waals surface area contributed by atoms with E-state index in [1.54, 1.807) is 4.68 Å². The highest BCUT2D eigenvalue weighted by Gasteiger charge is 2.34. The van der Waals surface area contributed by atoms with E-state index in [1.165, 1.54) is 12.5 Å². The molecule has 0 radical (unpaired) electrons. The normalized spacial score (nSPS) is 15.5. The molecule has 0 saturated carbocycles. The summed E-state index contributed by atoms with van der Waals surface area (Å²) in [5.74, 6) is 0.928. The first-order valence-corrected chi connectivity index (χ1v) is 15.8. The van der Waals surface area contributed by atoms with Gasteiger partial charge in [0.1, 0.15) is 10.7 Å². The number of aromatic nitrogens is 6. The van der Waals surface area contributed by atoms with Crippen LogP contribution in [-0.2, 0) is 21.6 Å². The van der Waals surface area contributed by atoms with Gasteiger partial charge in [0.05, 0.1) is 45.6 Å². The number of anilines is 1. The van der Waals surface area contributed by atoms with Crippen LogP contribution in [0.2, 0.25) is 0 Å². The molecule has 1 aliphatic heterocycles. The Morgan fingerprint density at radius 1 is 1.12 bits per heavy atom. The molecule has 41 heavy (non-hydrogen) atoms. The van der Waals surface area contributed by atoms with Gasteiger partial charge < -0.3 is 14.2 Å². The van der Waals surface area contributed by atoms with Gasteiger partial charge in [-0.3, -0.25) is 4.98 Å².